The lowest BCUT2D eigenvalue weighted by molar-refractivity contribution is 0.775. The molecular weight excluding hydrogens is 414 g/mol. The average molecular weight is 438 g/mol. The zero-order valence-electron chi connectivity index (χ0n) is 18.7. The maximum Gasteiger partial charge on any atom is 0.136 e. The Morgan fingerprint density at radius 3 is 2.15 bits per heavy atom. The van der Waals surface area contributed by atoms with Crippen LogP contribution in [0.25, 0.3) is 44.4 Å². The van der Waals surface area contributed by atoms with Crippen molar-refractivity contribution in [1.29, 1.82) is 0 Å². The molecule has 2 aromatic heterocycles. The minimum absolute atomic E-state index is 0.179. The number of hydrogen-bond acceptors (Lipinski definition) is 3. The van der Waals surface area contributed by atoms with E-state index in [0.717, 1.165) is 45.9 Å². The SMILES string of the molecule is C1=CCC(c2nc(-c3ccc(-c4cccnc4)cc3)cc(-c3ccc4ccccc4c3)n2)C=C1. The van der Waals surface area contributed by atoms with E-state index in [2.05, 4.69) is 108 Å². The van der Waals surface area contributed by atoms with Crippen molar-refractivity contribution in [3.8, 4) is 33.6 Å². The monoisotopic (exact) mass is 437 g/mol. The van der Waals surface area contributed by atoms with Gasteiger partial charge in [0.05, 0.1) is 11.4 Å². The number of nitrogens with zero attached hydrogens (tertiary/aromatic N) is 3. The molecule has 0 spiro atoms. The predicted molar refractivity (Wildman–Crippen MR) is 139 cm³/mol. The standard InChI is InChI=1S/C31H23N3/c1-2-8-25(9-3-1)31-33-29(24-15-12-23(13-16-24)28-11-6-18-32-21-28)20-30(34-31)27-17-14-22-7-4-5-10-26(22)19-27/h1-8,10-21,25H,9H2. The summed E-state index contributed by atoms with van der Waals surface area (Å²) in [7, 11) is 0. The molecule has 1 aliphatic rings. The molecule has 0 saturated heterocycles. The van der Waals surface area contributed by atoms with Crippen LogP contribution in [0.5, 0.6) is 0 Å². The summed E-state index contributed by atoms with van der Waals surface area (Å²) >= 11 is 0. The Kier molecular flexibility index (Phi) is 5.29. The van der Waals surface area contributed by atoms with Crippen molar-refractivity contribution in [1.82, 2.24) is 15.0 Å². The minimum atomic E-state index is 0.179. The van der Waals surface area contributed by atoms with Crippen molar-refractivity contribution >= 4 is 10.8 Å². The third kappa shape index (κ3) is 4.04. The van der Waals surface area contributed by atoms with Crippen molar-refractivity contribution < 1.29 is 0 Å². The molecule has 0 fully saturated rings. The van der Waals surface area contributed by atoms with Crippen molar-refractivity contribution in [2.24, 2.45) is 0 Å². The van der Waals surface area contributed by atoms with E-state index in [4.69, 9.17) is 9.97 Å². The van der Waals surface area contributed by atoms with Gasteiger partial charge in [0, 0.05) is 29.4 Å². The lowest BCUT2D eigenvalue weighted by Crippen LogP contribution is -2.05. The Morgan fingerprint density at radius 2 is 1.38 bits per heavy atom. The zero-order valence-corrected chi connectivity index (χ0v) is 18.7. The van der Waals surface area contributed by atoms with Gasteiger partial charge in [-0.05, 0) is 46.5 Å². The molecule has 6 rings (SSSR count). The highest BCUT2D eigenvalue weighted by molar-refractivity contribution is 5.87. The van der Waals surface area contributed by atoms with Gasteiger partial charge in [-0.25, -0.2) is 9.97 Å². The minimum Gasteiger partial charge on any atom is -0.264 e. The summed E-state index contributed by atoms with van der Waals surface area (Å²) in [5, 5.41) is 2.44. The first kappa shape index (κ1) is 20.3. The fourth-order valence-corrected chi connectivity index (χ4v) is 4.42. The fraction of sp³-hybridized carbons (Fsp3) is 0.0645. The summed E-state index contributed by atoms with van der Waals surface area (Å²) in [5.41, 5.74) is 6.31. The highest BCUT2D eigenvalue weighted by Gasteiger charge is 2.16. The normalized spacial score (nSPS) is 15.0. The number of allylic oxidation sites excluding steroid dienone is 4. The van der Waals surface area contributed by atoms with E-state index in [1.165, 1.54) is 10.8 Å². The topological polar surface area (TPSA) is 38.7 Å². The van der Waals surface area contributed by atoms with Crippen molar-refractivity contribution in [2.75, 3.05) is 0 Å². The molecule has 0 radical (unpaired) electrons. The molecule has 0 amide bonds. The van der Waals surface area contributed by atoms with Gasteiger partial charge in [0.15, 0.2) is 0 Å². The Bertz CT molecular complexity index is 1520. The van der Waals surface area contributed by atoms with Gasteiger partial charge in [-0.3, -0.25) is 4.98 Å². The molecule has 5 aromatic rings. The molecule has 1 unspecified atom stereocenters. The number of fused-ring (bicyclic) bond motifs is 1. The first-order chi connectivity index (χ1) is 16.8. The first-order valence-corrected chi connectivity index (χ1v) is 11.6. The molecule has 3 heteroatoms. The van der Waals surface area contributed by atoms with Crippen molar-refractivity contribution in [3.63, 3.8) is 0 Å². The number of rotatable bonds is 4. The van der Waals surface area contributed by atoms with Crippen LogP contribution in [0.15, 0.2) is 122 Å². The van der Waals surface area contributed by atoms with Gasteiger partial charge in [-0.1, -0.05) is 91.0 Å². The van der Waals surface area contributed by atoms with Gasteiger partial charge in [-0.2, -0.15) is 0 Å². The molecule has 0 saturated carbocycles. The van der Waals surface area contributed by atoms with Gasteiger partial charge < -0.3 is 0 Å². The van der Waals surface area contributed by atoms with E-state index in [9.17, 15) is 0 Å². The molecule has 2 heterocycles. The van der Waals surface area contributed by atoms with Crippen LogP contribution in [-0.2, 0) is 0 Å². The van der Waals surface area contributed by atoms with Gasteiger partial charge in [0.2, 0.25) is 0 Å². The number of hydrogen-bond donors (Lipinski definition) is 0. The van der Waals surface area contributed by atoms with Crippen LogP contribution in [0.3, 0.4) is 0 Å². The third-order valence-corrected chi connectivity index (χ3v) is 6.28. The summed E-state index contributed by atoms with van der Waals surface area (Å²) in [6.07, 6.45) is 13.1. The molecule has 0 aliphatic heterocycles. The molecule has 1 aliphatic carbocycles. The quantitative estimate of drug-likeness (QED) is 0.290. The lowest BCUT2D eigenvalue weighted by Gasteiger charge is -2.15. The van der Waals surface area contributed by atoms with Gasteiger partial charge >= 0.3 is 0 Å². The second kappa shape index (κ2) is 8.87. The van der Waals surface area contributed by atoms with E-state index < -0.39 is 0 Å². The summed E-state index contributed by atoms with van der Waals surface area (Å²) in [6.45, 7) is 0. The molecular formula is C31H23N3. The van der Waals surface area contributed by atoms with E-state index in [1.54, 1.807) is 6.20 Å². The highest BCUT2D eigenvalue weighted by Crippen LogP contribution is 2.31. The molecule has 1 atom stereocenters. The Hall–Kier alpha value is -4.37. The van der Waals surface area contributed by atoms with Crippen LogP contribution in [0.2, 0.25) is 0 Å². The predicted octanol–water partition coefficient (Wildman–Crippen LogP) is 7.63. The number of aromatic nitrogens is 3. The summed E-state index contributed by atoms with van der Waals surface area (Å²) < 4.78 is 0. The van der Waals surface area contributed by atoms with E-state index in [-0.39, 0.29) is 5.92 Å². The summed E-state index contributed by atoms with van der Waals surface area (Å²) in [6, 6.07) is 29.6. The molecule has 3 nitrogen and oxygen atoms in total. The van der Waals surface area contributed by atoms with Crippen molar-refractivity contribution in [3.05, 3.63) is 127 Å². The number of benzene rings is 3. The van der Waals surface area contributed by atoms with Crippen LogP contribution in [0.1, 0.15) is 18.2 Å². The summed E-state index contributed by atoms with van der Waals surface area (Å²) in [5.74, 6) is 1.04. The zero-order chi connectivity index (χ0) is 22.7. The van der Waals surface area contributed by atoms with E-state index in [1.807, 2.05) is 12.3 Å². The van der Waals surface area contributed by atoms with Gasteiger partial charge in [0.1, 0.15) is 5.82 Å². The van der Waals surface area contributed by atoms with Crippen LogP contribution in [0, 0.1) is 0 Å². The third-order valence-electron chi connectivity index (χ3n) is 6.28. The number of pyridine rings is 1. The largest absolute Gasteiger partial charge is 0.264 e. The summed E-state index contributed by atoms with van der Waals surface area (Å²) in [4.78, 5) is 14.3. The lowest BCUT2D eigenvalue weighted by atomic mass is 9.98. The Balaban J connectivity index is 1.45. The maximum absolute atomic E-state index is 5.02. The Labute approximate surface area is 199 Å². The van der Waals surface area contributed by atoms with Gasteiger partial charge in [-0.15, -0.1) is 0 Å². The maximum atomic E-state index is 5.02. The smallest absolute Gasteiger partial charge is 0.136 e. The molecule has 162 valence electrons. The molecule has 0 N–H and O–H groups in total. The van der Waals surface area contributed by atoms with Crippen LogP contribution < -0.4 is 0 Å². The van der Waals surface area contributed by atoms with E-state index >= 15 is 0 Å². The fourth-order valence-electron chi connectivity index (χ4n) is 4.42. The average Bonchev–Trinajstić information content (AvgIpc) is 2.93. The molecule has 3 aromatic carbocycles. The van der Waals surface area contributed by atoms with Gasteiger partial charge in [0.25, 0.3) is 0 Å². The van der Waals surface area contributed by atoms with Crippen molar-refractivity contribution in [2.45, 2.75) is 12.3 Å². The Morgan fingerprint density at radius 1 is 0.618 bits per heavy atom. The van der Waals surface area contributed by atoms with E-state index in [0.29, 0.717) is 0 Å². The van der Waals surface area contributed by atoms with Crippen LogP contribution >= 0.6 is 0 Å². The molecule has 34 heavy (non-hydrogen) atoms. The molecule has 0 bridgehead atoms. The van der Waals surface area contributed by atoms with Crippen LogP contribution in [-0.4, -0.2) is 15.0 Å². The second-order valence-electron chi connectivity index (χ2n) is 8.53. The highest BCUT2D eigenvalue weighted by atomic mass is 14.9. The second-order valence-corrected chi connectivity index (χ2v) is 8.53. The van der Waals surface area contributed by atoms with Crippen LogP contribution in [0.4, 0.5) is 0 Å². The first-order valence-electron chi connectivity index (χ1n) is 11.6.